The zero-order valence-electron chi connectivity index (χ0n) is 18.3. The maximum Gasteiger partial charge on any atom is 0.0720 e. The lowest BCUT2D eigenvalue weighted by Crippen LogP contribution is -1.95. The number of hydrogen-bond acceptors (Lipinski definition) is 1. The largest absolute Gasteiger partial charge is 0.307 e. The van der Waals surface area contributed by atoms with Crippen molar-refractivity contribution in [2.45, 2.75) is 0 Å². The summed E-state index contributed by atoms with van der Waals surface area (Å²) in [4.78, 5) is 0. The summed E-state index contributed by atoms with van der Waals surface area (Å²) in [6.45, 7) is 0. The summed E-state index contributed by atoms with van der Waals surface area (Å²) in [6, 6.07) is 42.1. The molecule has 158 valence electrons. The fourth-order valence-corrected chi connectivity index (χ4v) is 6.96. The lowest BCUT2D eigenvalue weighted by Gasteiger charge is -2.12. The van der Waals surface area contributed by atoms with Crippen LogP contribution in [0.2, 0.25) is 0 Å². The van der Waals surface area contributed by atoms with Crippen LogP contribution in [0, 0.1) is 0 Å². The molecule has 6 aromatic carbocycles. The molecule has 2 heterocycles. The molecule has 1 nitrogen and oxygen atoms in total. The first-order chi connectivity index (χ1) is 16.9. The number of aromatic nitrogens is 1. The normalized spacial score (nSPS) is 12.1. The highest BCUT2D eigenvalue weighted by molar-refractivity contribution is 7.26. The predicted octanol–water partition coefficient (Wildman–Crippen LogP) is 9.46. The van der Waals surface area contributed by atoms with Crippen molar-refractivity contribution in [2.24, 2.45) is 0 Å². The summed E-state index contributed by atoms with van der Waals surface area (Å²) < 4.78 is 5.19. The van der Waals surface area contributed by atoms with Crippen LogP contribution in [-0.2, 0) is 0 Å². The molecule has 34 heavy (non-hydrogen) atoms. The van der Waals surface area contributed by atoms with Crippen LogP contribution >= 0.6 is 11.3 Å². The summed E-state index contributed by atoms with van der Waals surface area (Å²) in [7, 11) is 0. The summed E-state index contributed by atoms with van der Waals surface area (Å²) in [6.07, 6.45) is 0. The molecule has 0 bridgehead atoms. The number of hydrogen-bond donors (Lipinski definition) is 0. The molecular weight excluding hydrogens is 430 g/mol. The van der Waals surface area contributed by atoms with E-state index in [0.29, 0.717) is 0 Å². The SMILES string of the molecule is c1ccc2c(-n3c4ccccc4c4ccc5c(sc6ccc7ccccc7c65)c43)cccc2c1. The molecule has 8 rings (SSSR count). The van der Waals surface area contributed by atoms with Crippen LogP contribution in [0.3, 0.4) is 0 Å². The van der Waals surface area contributed by atoms with Gasteiger partial charge in [0.25, 0.3) is 0 Å². The molecule has 0 atom stereocenters. The minimum Gasteiger partial charge on any atom is -0.307 e. The molecule has 0 saturated heterocycles. The van der Waals surface area contributed by atoms with Gasteiger partial charge in [0.1, 0.15) is 0 Å². The molecule has 0 aliphatic heterocycles. The maximum absolute atomic E-state index is 2.49. The van der Waals surface area contributed by atoms with Crippen LogP contribution in [0.15, 0.2) is 115 Å². The Morgan fingerprint density at radius 2 is 1.15 bits per heavy atom. The topological polar surface area (TPSA) is 4.93 Å². The van der Waals surface area contributed by atoms with Gasteiger partial charge in [-0.3, -0.25) is 0 Å². The van der Waals surface area contributed by atoms with E-state index in [2.05, 4.69) is 120 Å². The van der Waals surface area contributed by atoms with Crippen molar-refractivity contribution in [2.75, 3.05) is 0 Å². The van der Waals surface area contributed by atoms with E-state index in [1.54, 1.807) is 0 Å². The van der Waals surface area contributed by atoms with Crippen LogP contribution in [0.25, 0.3) is 69.2 Å². The van der Waals surface area contributed by atoms with Crippen molar-refractivity contribution < 1.29 is 0 Å². The van der Waals surface area contributed by atoms with Gasteiger partial charge in [-0.1, -0.05) is 97.1 Å². The van der Waals surface area contributed by atoms with Gasteiger partial charge in [-0.25, -0.2) is 0 Å². The second-order valence-corrected chi connectivity index (χ2v) is 10.0. The number of rotatable bonds is 1. The quantitative estimate of drug-likeness (QED) is 0.235. The third-order valence-corrected chi connectivity index (χ3v) is 8.35. The molecule has 0 unspecified atom stereocenters. The molecule has 0 aliphatic carbocycles. The Morgan fingerprint density at radius 3 is 2.03 bits per heavy atom. The first kappa shape index (κ1) is 18.3. The molecule has 0 amide bonds. The van der Waals surface area contributed by atoms with Gasteiger partial charge in [0, 0.05) is 31.6 Å². The van der Waals surface area contributed by atoms with E-state index in [9.17, 15) is 0 Å². The fourth-order valence-electron chi connectivity index (χ4n) is 5.71. The van der Waals surface area contributed by atoms with Gasteiger partial charge in [0.15, 0.2) is 0 Å². The van der Waals surface area contributed by atoms with E-state index < -0.39 is 0 Å². The molecule has 0 aliphatic rings. The molecule has 2 heteroatoms. The fraction of sp³-hybridized carbons (Fsp3) is 0. The molecule has 0 N–H and O–H groups in total. The number of para-hydroxylation sites is 1. The zero-order valence-corrected chi connectivity index (χ0v) is 19.1. The Bertz CT molecular complexity index is 2070. The van der Waals surface area contributed by atoms with Gasteiger partial charge in [0.2, 0.25) is 0 Å². The number of thiophene rings is 1. The highest BCUT2D eigenvalue weighted by atomic mass is 32.1. The third-order valence-electron chi connectivity index (χ3n) is 7.17. The van der Waals surface area contributed by atoms with E-state index in [1.165, 1.54) is 69.2 Å². The lowest BCUT2D eigenvalue weighted by molar-refractivity contribution is 1.21. The Hall–Kier alpha value is -4.14. The molecule has 2 aromatic heterocycles. The predicted molar refractivity (Wildman–Crippen MR) is 149 cm³/mol. The summed E-state index contributed by atoms with van der Waals surface area (Å²) in [5.41, 5.74) is 3.79. The Morgan fingerprint density at radius 1 is 0.471 bits per heavy atom. The van der Waals surface area contributed by atoms with Crippen molar-refractivity contribution in [3.63, 3.8) is 0 Å². The van der Waals surface area contributed by atoms with Gasteiger partial charge < -0.3 is 4.57 Å². The summed E-state index contributed by atoms with van der Waals surface area (Å²) >= 11 is 1.91. The Kier molecular flexibility index (Phi) is 3.60. The second-order valence-electron chi connectivity index (χ2n) is 8.95. The molecule has 0 radical (unpaired) electrons. The summed E-state index contributed by atoms with van der Waals surface area (Å²) in [5.74, 6) is 0. The zero-order chi connectivity index (χ0) is 22.2. The van der Waals surface area contributed by atoms with Crippen molar-refractivity contribution in [3.8, 4) is 5.69 Å². The van der Waals surface area contributed by atoms with Crippen molar-refractivity contribution in [1.82, 2.24) is 4.57 Å². The molecule has 0 spiro atoms. The lowest BCUT2D eigenvalue weighted by atomic mass is 10.0. The van der Waals surface area contributed by atoms with E-state index in [1.807, 2.05) is 11.3 Å². The van der Waals surface area contributed by atoms with Crippen molar-refractivity contribution in [1.29, 1.82) is 0 Å². The molecule has 0 saturated carbocycles. The van der Waals surface area contributed by atoms with E-state index in [-0.39, 0.29) is 0 Å². The first-order valence-corrected chi connectivity index (χ1v) is 12.4. The maximum atomic E-state index is 2.49. The monoisotopic (exact) mass is 449 g/mol. The highest BCUT2D eigenvalue weighted by Gasteiger charge is 2.19. The average molecular weight is 450 g/mol. The molecule has 0 fully saturated rings. The van der Waals surface area contributed by atoms with Gasteiger partial charge >= 0.3 is 0 Å². The van der Waals surface area contributed by atoms with Gasteiger partial charge in [-0.15, -0.1) is 11.3 Å². The average Bonchev–Trinajstić information content (AvgIpc) is 3.44. The minimum absolute atomic E-state index is 1.24. The molecular formula is C32H19NS. The van der Waals surface area contributed by atoms with E-state index in [0.717, 1.165) is 0 Å². The standard InChI is InChI=1S/C32H19NS/c1-3-11-22-20(8-1)10-7-15-27(22)33-28-14-6-5-13-24(28)25-17-18-26-30-23-12-4-2-9-21(23)16-19-29(30)34-32(26)31(25)33/h1-19H. The number of fused-ring (bicyclic) bond motifs is 10. The van der Waals surface area contributed by atoms with Crippen LogP contribution in [-0.4, -0.2) is 4.57 Å². The Labute approximate surface area is 200 Å². The van der Waals surface area contributed by atoms with Crippen molar-refractivity contribution >= 4 is 74.9 Å². The van der Waals surface area contributed by atoms with Gasteiger partial charge in [-0.05, 0) is 34.4 Å². The molecule has 8 aromatic rings. The highest BCUT2D eigenvalue weighted by Crippen LogP contribution is 2.45. The van der Waals surface area contributed by atoms with Gasteiger partial charge in [-0.2, -0.15) is 0 Å². The smallest absolute Gasteiger partial charge is 0.0720 e. The van der Waals surface area contributed by atoms with Crippen LogP contribution in [0.5, 0.6) is 0 Å². The second kappa shape index (κ2) is 6.69. The number of nitrogens with zero attached hydrogens (tertiary/aromatic N) is 1. The van der Waals surface area contributed by atoms with Crippen molar-refractivity contribution in [3.05, 3.63) is 115 Å². The minimum atomic E-state index is 1.24. The van der Waals surface area contributed by atoms with Crippen LogP contribution in [0.1, 0.15) is 0 Å². The van der Waals surface area contributed by atoms with E-state index >= 15 is 0 Å². The Balaban J connectivity index is 1.64. The first-order valence-electron chi connectivity index (χ1n) is 11.6. The van der Waals surface area contributed by atoms with Crippen LogP contribution < -0.4 is 0 Å². The van der Waals surface area contributed by atoms with Gasteiger partial charge in [0.05, 0.1) is 21.4 Å². The van der Waals surface area contributed by atoms with E-state index in [4.69, 9.17) is 0 Å². The van der Waals surface area contributed by atoms with Crippen LogP contribution in [0.4, 0.5) is 0 Å². The third kappa shape index (κ3) is 2.33. The number of benzene rings is 6. The summed E-state index contributed by atoms with van der Waals surface area (Å²) in [5, 5.41) is 10.5.